The minimum atomic E-state index is -5.75. The zero-order valence-electron chi connectivity index (χ0n) is 9.56. The van der Waals surface area contributed by atoms with Crippen LogP contribution in [0.3, 0.4) is 0 Å². The lowest BCUT2D eigenvalue weighted by Gasteiger charge is -2.27. The van der Waals surface area contributed by atoms with Crippen LogP contribution >= 0.6 is 0 Å². The van der Waals surface area contributed by atoms with E-state index in [1.807, 2.05) is 0 Å². The van der Waals surface area contributed by atoms with Crippen molar-refractivity contribution in [2.75, 3.05) is 0 Å². The Bertz CT molecular complexity index is 450. The van der Waals surface area contributed by atoms with E-state index >= 15 is 0 Å². The quantitative estimate of drug-likeness (QED) is 0.846. The monoisotopic (exact) mass is 308 g/mol. The van der Waals surface area contributed by atoms with Crippen molar-refractivity contribution in [2.24, 2.45) is 5.92 Å². The average Bonchev–Trinajstić information content (AvgIpc) is 2.20. The number of hydrogen-bond acceptors (Lipinski definition) is 1. The highest BCUT2D eigenvalue weighted by atomic mass is 19.4. The normalized spacial score (nSPS) is 14.7. The Morgan fingerprint density at radius 2 is 1.45 bits per heavy atom. The van der Waals surface area contributed by atoms with Crippen LogP contribution in [-0.4, -0.2) is 23.6 Å². The van der Waals surface area contributed by atoms with Crippen molar-refractivity contribution < 1.29 is 40.2 Å². The SMILES string of the molecule is OC(Cc1cccc(F)c1F)C(C(F)(F)F)C(F)(F)F. The second-order valence-electron chi connectivity index (χ2n) is 4.05. The van der Waals surface area contributed by atoms with Crippen molar-refractivity contribution in [3.8, 4) is 0 Å². The molecule has 1 nitrogen and oxygen atoms in total. The molecule has 0 spiro atoms. The first-order valence-corrected chi connectivity index (χ1v) is 5.19. The molecule has 1 atom stereocenters. The van der Waals surface area contributed by atoms with Gasteiger partial charge in [-0.15, -0.1) is 0 Å². The molecule has 9 heteroatoms. The van der Waals surface area contributed by atoms with Gasteiger partial charge in [0.05, 0.1) is 6.10 Å². The van der Waals surface area contributed by atoms with Gasteiger partial charge in [0.15, 0.2) is 17.6 Å². The molecule has 0 heterocycles. The second-order valence-corrected chi connectivity index (χ2v) is 4.05. The molecule has 1 unspecified atom stereocenters. The third kappa shape index (κ3) is 3.81. The first-order valence-electron chi connectivity index (χ1n) is 5.19. The summed E-state index contributed by atoms with van der Waals surface area (Å²) in [6.45, 7) is 0. The molecule has 0 saturated carbocycles. The molecule has 1 N–H and O–H groups in total. The smallest absolute Gasteiger partial charge is 0.392 e. The Morgan fingerprint density at radius 3 is 1.90 bits per heavy atom. The lowest BCUT2D eigenvalue weighted by molar-refractivity contribution is -0.305. The van der Waals surface area contributed by atoms with Crippen molar-refractivity contribution in [1.82, 2.24) is 0 Å². The van der Waals surface area contributed by atoms with Gasteiger partial charge in [0, 0.05) is 6.42 Å². The number of aliphatic hydroxyl groups excluding tert-OH is 1. The van der Waals surface area contributed by atoms with Gasteiger partial charge in [0.25, 0.3) is 0 Å². The number of rotatable bonds is 3. The fourth-order valence-electron chi connectivity index (χ4n) is 1.67. The predicted octanol–water partition coefficient (Wildman–Crippen LogP) is 3.61. The Morgan fingerprint density at radius 1 is 0.950 bits per heavy atom. The third-order valence-corrected chi connectivity index (χ3v) is 2.55. The van der Waals surface area contributed by atoms with Gasteiger partial charge in [-0.3, -0.25) is 0 Å². The molecule has 0 bridgehead atoms. The molecule has 114 valence electrons. The first kappa shape index (κ1) is 16.7. The highest BCUT2D eigenvalue weighted by molar-refractivity contribution is 5.20. The topological polar surface area (TPSA) is 20.2 Å². The Hall–Kier alpha value is -1.38. The standard InChI is InChI=1S/C11H8F8O/c12-6-3-1-2-5(8(6)13)4-7(20)9(10(14,15)16)11(17,18)19/h1-3,7,9,20H,4H2. The molecule has 1 aromatic rings. The largest absolute Gasteiger partial charge is 0.403 e. The van der Waals surface area contributed by atoms with Crippen LogP contribution in [0.25, 0.3) is 0 Å². The van der Waals surface area contributed by atoms with E-state index in [0.717, 1.165) is 12.1 Å². The van der Waals surface area contributed by atoms with E-state index in [1.54, 1.807) is 0 Å². The minimum absolute atomic E-state index is 0.649. The lowest BCUT2D eigenvalue weighted by atomic mass is 9.94. The predicted molar refractivity (Wildman–Crippen MR) is 51.7 cm³/mol. The highest BCUT2D eigenvalue weighted by Gasteiger charge is 2.60. The van der Waals surface area contributed by atoms with Crippen molar-refractivity contribution in [2.45, 2.75) is 24.9 Å². The van der Waals surface area contributed by atoms with Crippen LogP contribution in [0.1, 0.15) is 5.56 Å². The van der Waals surface area contributed by atoms with Gasteiger partial charge in [-0.2, -0.15) is 26.3 Å². The summed E-state index contributed by atoms with van der Waals surface area (Å²) in [5, 5.41) is 9.12. The van der Waals surface area contributed by atoms with E-state index < -0.39 is 48.0 Å². The van der Waals surface area contributed by atoms with Crippen LogP contribution in [0.4, 0.5) is 35.1 Å². The molecular weight excluding hydrogens is 300 g/mol. The Balaban J connectivity index is 3.04. The van der Waals surface area contributed by atoms with Crippen molar-refractivity contribution >= 4 is 0 Å². The van der Waals surface area contributed by atoms with Crippen molar-refractivity contribution in [3.63, 3.8) is 0 Å². The number of hydrogen-bond donors (Lipinski definition) is 1. The summed E-state index contributed by atoms with van der Waals surface area (Å²) in [4.78, 5) is 0. The molecule has 0 radical (unpaired) electrons. The van der Waals surface area contributed by atoms with Crippen LogP contribution in [-0.2, 0) is 6.42 Å². The maximum Gasteiger partial charge on any atom is 0.403 e. The van der Waals surface area contributed by atoms with Crippen LogP contribution in [0.15, 0.2) is 18.2 Å². The highest BCUT2D eigenvalue weighted by Crippen LogP contribution is 2.42. The third-order valence-electron chi connectivity index (χ3n) is 2.55. The summed E-state index contributed by atoms with van der Waals surface area (Å²) in [5.74, 6) is -7.04. The molecule has 0 saturated heterocycles. The van der Waals surface area contributed by atoms with Gasteiger partial charge in [-0.25, -0.2) is 8.78 Å². The molecule has 1 rings (SSSR count). The van der Waals surface area contributed by atoms with E-state index in [-0.39, 0.29) is 0 Å². The lowest BCUT2D eigenvalue weighted by Crippen LogP contribution is -2.45. The molecule has 0 fully saturated rings. The Labute approximate surface area is 107 Å². The van der Waals surface area contributed by atoms with Crippen molar-refractivity contribution in [1.29, 1.82) is 0 Å². The van der Waals surface area contributed by atoms with E-state index in [9.17, 15) is 35.1 Å². The van der Waals surface area contributed by atoms with Gasteiger partial charge >= 0.3 is 12.4 Å². The maximum absolute atomic E-state index is 13.2. The van der Waals surface area contributed by atoms with Crippen molar-refractivity contribution in [3.05, 3.63) is 35.4 Å². The van der Waals surface area contributed by atoms with Gasteiger partial charge in [0.1, 0.15) is 0 Å². The summed E-state index contributed by atoms with van der Waals surface area (Å²) < 4.78 is 99.8. The molecule has 0 amide bonds. The van der Waals surface area contributed by atoms with E-state index in [4.69, 9.17) is 5.11 Å². The van der Waals surface area contributed by atoms with Gasteiger partial charge in [-0.1, -0.05) is 12.1 Å². The van der Waals surface area contributed by atoms with Crippen LogP contribution in [0.2, 0.25) is 0 Å². The molecular formula is C11H8F8O. The van der Waals surface area contributed by atoms with Crippen LogP contribution in [0, 0.1) is 17.6 Å². The summed E-state index contributed by atoms with van der Waals surface area (Å²) in [7, 11) is 0. The fraction of sp³-hybridized carbons (Fsp3) is 0.455. The maximum atomic E-state index is 13.2. The van der Waals surface area contributed by atoms with Gasteiger partial charge < -0.3 is 5.11 Å². The second kappa shape index (κ2) is 5.55. The molecule has 20 heavy (non-hydrogen) atoms. The summed E-state index contributed by atoms with van der Waals surface area (Å²) in [5.41, 5.74) is -0.768. The van der Waals surface area contributed by atoms with E-state index in [0.29, 0.717) is 6.07 Å². The van der Waals surface area contributed by atoms with Gasteiger partial charge in [-0.05, 0) is 11.6 Å². The summed E-state index contributed by atoms with van der Waals surface area (Å²) in [6, 6.07) is 2.36. The number of aliphatic hydroxyl groups is 1. The zero-order chi connectivity index (χ0) is 15.7. The molecule has 0 aliphatic heterocycles. The zero-order valence-corrected chi connectivity index (χ0v) is 9.56. The first-order chi connectivity index (χ1) is 8.94. The minimum Gasteiger partial charge on any atom is -0.392 e. The van der Waals surface area contributed by atoms with Crippen LogP contribution < -0.4 is 0 Å². The number of halogens is 8. The van der Waals surface area contributed by atoms with Gasteiger partial charge in [0.2, 0.25) is 0 Å². The number of alkyl halides is 6. The summed E-state index contributed by atoms with van der Waals surface area (Å²) in [6.07, 6.45) is -15.8. The molecule has 0 aliphatic carbocycles. The molecule has 0 aromatic heterocycles. The number of benzene rings is 1. The van der Waals surface area contributed by atoms with E-state index in [1.165, 1.54) is 0 Å². The molecule has 1 aromatic carbocycles. The fourth-order valence-corrected chi connectivity index (χ4v) is 1.67. The summed E-state index contributed by atoms with van der Waals surface area (Å²) >= 11 is 0. The Kier molecular flexibility index (Phi) is 4.62. The average molecular weight is 308 g/mol. The van der Waals surface area contributed by atoms with Crippen LogP contribution in [0.5, 0.6) is 0 Å². The van der Waals surface area contributed by atoms with E-state index in [2.05, 4.69) is 0 Å². The molecule has 0 aliphatic rings.